The zero-order valence-corrected chi connectivity index (χ0v) is 25.4. The Kier molecular flexibility index (Phi) is 9.99. The predicted octanol–water partition coefficient (Wildman–Crippen LogP) is 8.61. The molecule has 1 atom stereocenters. The molecule has 0 saturated heterocycles. The molecule has 1 aliphatic rings. The highest BCUT2D eigenvalue weighted by molar-refractivity contribution is 7.97. The second kappa shape index (κ2) is 14.0. The van der Waals surface area contributed by atoms with Gasteiger partial charge in [0.1, 0.15) is 17.2 Å². The van der Waals surface area contributed by atoms with Crippen molar-refractivity contribution in [1.29, 1.82) is 0 Å². The summed E-state index contributed by atoms with van der Waals surface area (Å²) in [6, 6.07) is 29.2. The summed E-state index contributed by atoms with van der Waals surface area (Å²) in [6.45, 7) is 5.20. The number of aryl methyl sites for hydroxylation is 1. The summed E-state index contributed by atoms with van der Waals surface area (Å²) in [5.74, 6) is 2.86. The SMILES string of the molecule is CCCc1cc(Cl)ccc1C1CNc2cc(SN(Cc3ccc(OC)cc3)Cc3ccc(OC)cc3)ccc2OC1. The van der Waals surface area contributed by atoms with Crippen LogP contribution in [0.15, 0.2) is 89.8 Å². The molecule has 0 radical (unpaired) electrons. The van der Waals surface area contributed by atoms with Gasteiger partial charge in [-0.3, -0.25) is 0 Å². The summed E-state index contributed by atoms with van der Waals surface area (Å²) in [5.41, 5.74) is 6.09. The van der Waals surface area contributed by atoms with Gasteiger partial charge in [-0.15, -0.1) is 0 Å². The maximum Gasteiger partial charge on any atom is 0.142 e. The minimum Gasteiger partial charge on any atom is -0.497 e. The Labute approximate surface area is 252 Å². The maximum absolute atomic E-state index is 6.33. The molecule has 0 aromatic heterocycles. The van der Waals surface area contributed by atoms with Gasteiger partial charge in [0.15, 0.2) is 0 Å². The van der Waals surface area contributed by atoms with Gasteiger partial charge in [0.2, 0.25) is 0 Å². The fourth-order valence-corrected chi connectivity index (χ4v) is 6.33. The van der Waals surface area contributed by atoms with Crippen LogP contribution in [-0.2, 0) is 19.5 Å². The van der Waals surface area contributed by atoms with Crippen LogP contribution in [0.5, 0.6) is 17.2 Å². The minimum atomic E-state index is 0.249. The fourth-order valence-electron chi connectivity index (χ4n) is 5.11. The Hall–Kier alpha value is -3.32. The molecule has 1 aliphatic heterocycles. The van der Waals surface area contributed by atoms with E-state index in [9.17, 15) is 0 Å². The summed E-state index contributed by atoms with van der Waals surface area (Å²) < 4.78 is 19.4. The third-order valence-electron chi connectivity index (χ3n) is 7.26. The van der Waals surface area contributed by atoms with E-state index in [1.54, 1.807) is 26.2 Å². The van der Waals surface area contributed by atoms with Crippen LogP contribution in [0.25, 0.3) is 0 Å². The molecule has 214 valence electrons. The minimum absolute atomic E-state index is 0.249. The Morgan fingerprint density at radius 1 is 0.878 bits per heavy atom. The van der Waals surface area contributed by atoms with Crippen molar-refractivity contribution in [2.75, 3.05) is 32.7 Å². The lowest BCUT2D eigenvalue weighted by Crippen LogP contribution is -2.17. The average molecular weight is 589 g/mol. The van der Waals surface area contributed by atoms with E-state index in [2.05, 4.69) is 71.1 Å². The lowest BCUT2D eigenvalue weighted by atomic mass is 9.92. The number of benzene rings is 4. The lowest BCUT2D eigenvalue weighted by Gasteiger charge is -2.22. The molecule has 41 heavy (non-hydrogen) atoms. The van der Waals surface area contributed by atoms with Gasteiger partial charge in [-0.2, -0.15) is 0 Å². The molecule has 0 spiro atoms. The van der Waals surface area contributed by atoms with Gasteiger partial charge in [0, 0.05) is 35.5 Å². The van der Waals surface area contributed by atoms with Crippen molar-refractivity contribution < 1.29 is 14.2 Å². The number of ether oxygens (including phenoxy) is 3. The first kappa shape index (κ1) is 29.2. The van der Waals surface area contributed by atoms with Crippen molar-refractivity contribution in [2.24, 2.45) is 0 Å². The van der Waals surface area contributed by atoms with Crippen molar-refractivity contribution in [2.45, 2.75) is 43.7 Å². The Balaban J connectivity index is 1.33. The van der Waals surface area contributed by atoms with Crippen LogP contribution < -0.4 is 19.5 Å². The van der Waals surface area contributed by atoms with Crippen LogP contribution in [0.1, 0.15) is 41.5 Å². The third-order valence-corrected chi connectivity index (χ3v) is 8.48. The number of halogens is 1. The first-order chi connectivity index (χ1) is 20.0. The van der Waals surface area contributed by atoms with Crippen molar-refractivity contribution in [3.63, 3.8) is 0 Å². The van der Waals surface area contributed by atoms with Crippen molar-refractivity contribution in [3.8, 4) is 17.2 Å². The monoisotopic (exact) mass is 588 g/mol. The quantitative estimate of drug-likeness (QED) is 0.177. The highest BCUT2D eigenvalue weighted by Gasteiger charge is 2.22. The van der Waals surface area contributed by atoms with E-state index in [-0.39, 0.29) is 5.92 Å². The summed E-state index contributed by atoms with van der Waals surface area (Å²) >= 11 is 8.07. The predicted molar refractivity (Wildman–Crippen MR) is 170 cm³/mol. The number of nitrogens with one attached hydrogen (secondary N) is 1. The molecule has 0 saturated carbocycles. The van der Waals surface area contributed by atoms with Crippen molar-refractivity contribution in [3.05, 3.63) is 112 Å². The van der Waals surface area contributed by atoms with E-state index in [0.29, 0.717) is 6.61 Å². The number of anilines is 1. The second-order valence-corrected chi connectivity index (χ2v) is 11.8. The maximum atomic E-state index is 6.33. The van der Waals surface area contributed by atoms with Gasteiger partial charge in [0.05, 0.1) is 26.5 Å². The number of hydrogen-bond acceptors (Lipinski definition) is 6. The molecule has 5 rings (SSSR count). The molecule has 4 aromatic rings. The largest absolute Gasteiger partial charge is 0.497 e. The molecule has 7 heteroatoms. The van der Waals surface area contributed by atoms with E-state index < -0.39 is 0 Å². The smallest absolute Gasteiger partial charge is 0.142 e. The van der Waals surface area contributed by atoms with Crippen molar-refractivity contribution in [1.82, 2.24) is 4.31 Å². The fraction of sp³-hybridized carbons (Fsp3) is 0.294. The van der Waals surface area contributed by atoms with E-state index in [1.165, 1.54) is 22.3 Å². The van der Waals surface area contributed by atoms with Gasteiger partial charge in [-0.25, -0.2) is 4.31 Å². The van der Waals surface area contributed by atoms with E-state index >= 15 is 0 Å². The normalized spacial score (nSPS) is 14.5. The molecular weight excluding hydrogens is 552 g/mol. The molecule has 4 aromatic carbocycles. The zero-order valence-electron chi connectivity index (χ0n) is 23.9. The van der Waals surface area contributed by atoms with Gasteiger partial charge in [0.25, 0.3) is 0 Å². The standard InChI is InChI=1S/C34H37ClN2O3S/c1-4-5-26-18-28(35)10-16-32(26)27-20-36-33-19-31(15-17-34(33)40-23-27)41-37(21-24-6-11-29(38-2)12-7-24)22-25-8-13-30(39-3)14-9-25/h6-19,27,36H,4-5,20-23H2,1-3H3. The average Bonchev–Trinajstić information content (AvgIpc) is 3.20. The highest BCUT2D eigenvalue weighted by Crippen LogP contribution is 2.37. The molecule has 0 aliphatic carbocycles. The summed E-state index contributed by atoms with van der Waals surface area (Å²) in [7, 11) is 3.39. The van der Waals surface area contributed by atoms with E-state index in [4.69, 9.17) is 25.8 Å². The topological polar surface area (TPSA) is 43.0 Å². The van der Waals surface area contributed by atoms with Gasteiger partial charge in [-0.1, -0.05) is 55.3 Å². The lowest BCUT2D eigenvalue weighted by molar-refractivity contribution is 0.300. The van der Waals surface area contributed by atoms with Crippen LogP contribution in [0, 0.1) is 0 Å². The third kappa shape index (κ3) is 7.70. The van der Waals surface area contributed by atoms with Gasteiger partial charge >= 0.3 is 0 Å². The molecule has 0 amide bonds. The number of nitrogens with zero attached hydrogens (tertiary/aromatic N) is 1. The van der Waals surface area contributed by atoms with Crippen LogP contribution in [0.2, 0.25) is 5.02 Å². The van der Waals surface area contributed by atoms with E-state index in [0.717, 1.165) is 65.3 Å². The highest BCUT2D eigenvalue weighted by atomic mass is 35.5. The van der Waals surface area contributed by atoms with Crippen LogP contribution >= 0.6 is 23.5 Å². The number of hydrogen-bond donors (Lipinski definition) is 1. The van der Waals surface area contributed by atoms with Crippen LogP contribution in [0.4, 0.5) is 5.69 Å². The summed E-state index contributed by atoms with van der Waals surface area (Å²) in [6.07, 6.45) is 2.09. The number of methoxy groups -OCH3 is 2. The molecule has 5 nitrogen and oxygen atoms in total. The second-order valence-electron chi connectivity index (χ2n) is 10.2. The first-order valence-electron chi connectivity index (χ1n) is 14.0. The molecule has 1 heterocycles. The molecule has 0 fully saturated rings. The molecule has 1 N–H and O–H groups in total. The van der Waals surface area contributed by atoms with Crippen LogP contribution in [-0.4, -0.2) is 31.7 Å². The molecule has 1 unspecified atom stereocenters. The van der Waals surface area contributed by atoms with Gasteiger partial charge in [-0.05, 0) is 95.2 Å². The summed E-state index contributed by atoms with van der Waals surface area (Å²) in [4.78, 5) is 1.15. The Bertz CT molecular complexity index is 1380. The molecule has 0 bridgehead atoms. The number of rotatable bonds is 11. The Morgan fingerprint density at radius 2 is 1.54 bits per heavy atom. The zero-order chi connectivity index (χ0) is 28.6. The Morgan fingerprint density at radius 3 is 2.15 bits per heavy atom. The van der Waals surface area contributed by atoms with Crippen LogP contribution in [0.3, 0.4) is 0 Å². The molecular formula is C34H37ClN2O3S. The summed E-state index contributed by atoms with van der Waals surface area (Å²) in [5, 5.41) is 4.47. The number of fused-ring (bicyclic) bond motifs is 1. The van der Waals surface area contributed by atoms with Crippen molar-refractivity contribution >= 4 is 29.2 Å². The first-order valence-corrected chi connectivity index (χ1v) is 15.2. The van der Waals surface area contributed by atoms with E-state index in [1.807, 2.05) is 30.3 Å². The van der Waals surface area contributed by atoms with Gasteiger partial charge < -0.3 is 19.5 Å².